The maximum absolute atomic E-state index is 8.44. The number of aromatic nitrogens is 1. The average Bonchev–Trinajstić information content (AvgIpc) is 2.31. The van der Waals surface area contributed by atoms with Gasteiger partial charge in [0.05, 0.1) is 19.4 Å². The topological polar surface area (TPSA) is 58.0 Å². The van der Waals surface area contributed by atoms with E-state index in [0.717, 1.165) is 43.2 Å². The van der Waals surface area contributed by atoms with Gasteiger partial charge in [0.2, 0.25) is 0 Å². The number of anilines is 1. The van der Waals surface area contributed by atoms with Crippen LogP contribution in [0.2, 0.25) is 0 Å². The molecule has 1 aromatic heterocycles. The Morgan fingerprint density at radius 2 is 2.25 bits per heavy atom. The summed E-state index contributed by atoms with van der Waals surface area (Å²) >= 11 is 0. The number of nitrogens with zero attached hydrogens (tertiary/aromatic N) is 3. The quantitative estimate of drug-likeness (QED) is 0.460. The molecule has 1 N–H and O–H groups in total. The Labute approximate surface area is 94.4 Å². The Bertz CT molecular complexity index is 387. The van der Waals surface area contributed by atoms with E-state index in [1.807, 2.05) is 13.0 Å². The van der Waals surface area contributed by atoms with Crippen molar-refractivity contribution in [2.45, 2.75) is 6.92 Å². The van der Waals surface area contributed by atoms with Crippen molar-refractivity contribution in [1.82, 2.24) is 4.98 Å². The smallest absolute Gasteiger partial charge is 0.131 e. The highest BCUT2D eigenvalue weighted by Gasteiger charge is 2.14. The van der Waals surface area contributed by atoms with Crippen LogP contribution in [-0.2, 0) is 4.74 Å². The van der Waals surface area contributed by atoms with Crippen LogP contribution >= 0.6 is 0 Å². The third-order valence-corrected chi connectivity index (χ3v) is 2.59. The number of pyridine rings is 1. The molecule has 1 aliphatic heterocycles. The van der Waals surface area contributed by atoms with Crippen LogP contribution in [-0.4, -0.2) is 42.7 Å². The van der Waals surface area contributed by atoms with Gasteiger partial charge in [-0.1, -0.05) is 5.16 Å². The van der Waals surface area contributed by atoms with E-state index >= 15 is 0 Å². The monoisotopic (exact) mass is 221 g/mol. The maximum Gasteiger partial charge on any atom is 0.131 e. The molecule has 86 valence electrons. The van der Waals surface area contributed by atoms with Crippen molar-refractivity contribution in [2.75, 3.05) is 31.2 Å². The number of morpholine rings is 1. The molecule has 0 aliphatic carbocycles. The van der Waals surface area contributed by atoms with Crippen LogP contribution < -0.4 is 4.90 Å². The van der Waals surface area contributed by atoms with Gasteiger partial charge < -0.3 is 14.8 Å². The number of oxime groups is 1. The molecule has 0 aromatic carbocycles. The van der Waals surface area contributed by atoms with Crippen molar-refractivity contribution in [3.63, 3.8) is 0 Å². The number of rotatable bonds is 2. The second-order valence-electron chi connectivity index (χ2n) is 3.75. The van der Waals surface area contributed by atoms with Crippen molar-refractivity contribution in [2.24, 2.45) is 5.16 Å². The van der Waals surface area contributed by atoms with Crippen LogP contribution in [0.4, 0.5) is 5.82 Å². The van der Waals surface area contributed by atoms with Gasteiger partial charge in [0.1, 0.15) is 5.82 Å². The largest absolute Gasteiger partial charge is 0.411 e. The number of ether oxygens (including phenoxy) is 1. The highest BCUT2D eigenvalue weighted by molar-refractivity contribution is 5.79. The summed E-state index contributed by atoms with van der Waals surface area (Å²) in [6.45, 7) is 5.26. The lowest BCUT2D eigenvalue weighted by Gasteiger charge is -2.29. The second kappa shape index (κ2) is 4.94. The highest BCUT2D eigenvalue weighted by Crippen LogP contribution is 2.18. The molecule has 1 saturated heterocycles. The lowest BCUT2D eigenvalue weighted by atomic mass is 10.2. The fourth-order valence-electron chi connectivity index (χ4n) is 1.83. The zero-order valence-corrected chi connectivity index (χ0v) is 9.26. The highest BCUT2D eigenvalue weighted by atomic mass is 16.5. The van der Waals surface area contributed by atoms with Crippen LogP contribution in [0.15, 0.2) is 17.4 Å². The van der Waals surface area contributed by atoms with E-state index in [1.54, 1.807) is 6.20 Å². The van der Waals surface area contributed by atoms with E-state index < -0.39 is 0 Å². The summed E-state index contributed by atoms with van der Waals surface area (Å²) in [5, 5.41) is 11.4. The molecule has 0 unspecified atom stereocenters. The summed E-state index contributed by atoms with van der Waals surface area (Å²) < 4.78 is 5.30. The van der Waals surface area contributed by atoms with Crippen molar-refractivity contribution in [1.29, 1.82) is 0 Å². The molecule has 2 heterocycles. The van der Waals surface area contributed by atoms with Crippen LogP contribution in [0.25, 0.3) is 0 Å². The average molecular weight is 221 g/mol. The Balaban J connectivity index is 2.21. The van der Waals surface area contributed by atoms with E-state index in [4.69, 9.17) is 9.94 Å². The SMILES string of the molecule is Cc1cc(/C=N/O)cnc1N1CCOCC1. The second-order valence-corrected chi connectivity index (χ2v) is 3.75. The summed E-state index contributed by atoms with van der Waals surface area (Å²) in [5.74, 6) is 0.985. The molecular formula is C11H15N3O2. The number of hydrogen-bond acceptors (Lipinski definition) is 5. The molecule has 2 rings (SSSR count). The lowest BCUT2D eigenvalue weighted by Crippen LogP contribution is -2.37. The molecule has 0 bridgehead atoms. The van der Waals surface area contributed by atoms with Gasteiger partial charge in [-0.15, -0.1) is 0 Å². The minimum atomic E-state index is 0.751. The molecule has 0 saturated carbocycles. The zero-order valence-electron chi connectivity index (χ0n) is 9.26. The van der Waals surface area contributed by atoms with Gasteiger partial charge in [-0.25, -0.2) is 4.98 Å². The van der Waals surface area contributed by atoms with E-state index in [0.29, 0.717) is 0 Å². The molecule has 1 fully saturated rings. The summed E-state index contributed by atoms with van der Waals surface area (Å²) in [5.41, 5.74) is 1.89. The van der Waals surface area contributed by atoms with Gasteiger partial charge in [0, 0.05) is 24.8 Å². The van der Waals surface area contributed by atoms with E-state index in [-0.39, 0.29) is 0 Å². The van der Waals surface area contributed by atoms with Crippen molar-refractivity contribution in [3.05, 3.63) is 23.4 Å². The van der Waals surface area contributed by atoms with Gasteiger partial charge >= 0.3 is 0 Å². The molecule has 16 heavy (non-hydrogen) atoms. The van der Waals surface area contributed by atoms with Gasteiger partial charge in [-0.3, -0.25) is 0 Å². The summed E-state index contributed by atoms with van der Waals surface area (Å²) in [6.07, 6.45) is 3.08. The lowest BCUT2D eigenvalue weighted by molar-refractivity contribution is 0.122. The van der Waals surface area contributed by atoms with E-state index in [1.165, 1.54) is 6.21 Å². The summed E-state index contributed by atoms with van der Waals surface area (Å²) in [6, 6.07) is 1.96. The third-order valence-electron chi connectivity index (χ3n) is 2.59. The van der Waals surface area contributed by atoms with Gasteiger partial charge in [-0.05, 0) is 18.6 Å². The predicted octanol–water partition coefficient (Wildman–Crippen LogP) is 1.03. The normalized spacial score (nSPS) is 16.9. The molecule has 1 aliphatic rings. The molecule has 0 radical (unpaired) electrons. The van der Waals surface area contributed by atoms with Crippen LogP contribution in [0.1, 0.15) is 11.1 Å². The van der Waals surface area contributed by atoms with Crippen molar-refractivity contribution < 1.29 is 9.94 Å². The van der Waals surface area contributed by atoms with Crippen molar-refractivity contribution in [3.8, 4) is 0 Å². The Morgan fingerprint density at radius 3 is 2.88 bits per heavy atom. The molecule has 5 nitrogen and oxygen atoms in total. The first-order chi connectivity index (χ1) is 7.81. The Hall–Kier alpha value is -1.62. The molecule has 5 heteroatoms. The minimum Gasteiger partial charge on any atom is -0.411 e. The summed E-state index contributed by atoms with van der Waals surface area (Å²) in [7, 11) is 0. The third kappa shape index (κ3) is 2.30. The first-order valence-corrected chi connectivity index (χ1v) is 5.28. The molecule has 1 aromatic rings. The zero-order chi connectivity index (χ0) is 11.4. The Kier molecular flexibility index (Phi) is 3.36. The minimum absolute atomic E-state index is 0.751. The number of hydrogen-bond donors (Lipinski definition) is 1. The fourth-order valence-corrected chi connectivity index (χ4v) is 1.83. The van der Waals surface area contributed by atoms with Gasteiger partial charge in [-0.2, -0.15) is 0 Å². The van der Waals surface area contributed by atoms with Crippen LogP contribution in [0.5, 0.6) is 0 Å². The van der Waals surface area contributed by atoms with Gasteiger partial charge in [0.15, 0.2) is 0 Å². The Morgan fingerprint density at radius 1 is 1.50 bits per heavy atom. The maximum atomic E-state index is 8.44. The first kappa shape index (κ1) is 10.9. The van der Waals surface area contributed by atoms with E-state index in [2.05, 4.69) is 15.0 Å². The standard InChI is InChI=1S/C11H15N3O2/c1-9-6-10(8-13-15)7-12-11(9)14-2-4-16-5-3-14/h6-8,15H,2-5H2,1H3/b13-8+. The van der Waals surface area contributed by atoms with Gasteiger partial charge in [0.25, 0.3) is 0 Å². The first-order valence-electron chi connectivity index (χ1n) is 5.28. The molecule has 0 amide bonds. The van der Waals surface area contributed by atoms with E-state index in [9.17, 15) is 0 Å². The van der Waals surface area contributed by atoms with Crippen LogP contribution in [0.3, 0.4) is 0 Å². The fraction of sp³-hybridized carbons (Fsp3) is 0.455. The number of aryl methyl sites for hydroxylation is 1. The molecule has 0 spiro atoms. The predicted molar refractivity (Wildman–Crippen MR) is 61.4 cm³/mol. The molecule has 0 atom stereocenters. The molecular weight excluding hydrogens is 206 g/mol. The van der Waals surface area contributed by atoms with Crippen molar-refractivity contribution >= 4 is 12.0 Å². The summed E-state index contributed by atoms with van der Waals surface area (Å²) in [4.78, 5) is 6.60. The van der Waals surface area contributed by atoms with Crippen LogP contribution in [0, 0.1) is 6.92 Å².